The molecule has 0 radical (unpaired) electrons. The van der Waals surface area contributed by atoms with E-state index in [1.165, 1.54) is 27.7 Å². The van der Waals surface area contributed by atoms with Gasteiger partial charge >= 0.3 is 0 Å². The van der Waals surface area contributed by atoms with Gasteiger partial charge < -0.3 is 10.7 Å². The fraction of sp³-hybridized carbons (Fsp3) is 0.333. The fourth-order valence-electron chi connectivity index (χ4n) is 1.83. The van der Waals surface area contributed by atoms with Gasteiger partial charge in [-0.25, -0.2) is 0 Å². The van der Waals surface area contributed by atoms with Crippen molar-refractivity contribution in [2.75, 3.05) is 6.54 Å². The van der Waals surface area contributed by atoms with Crippen molar-refractivity contribution >= 4 is 10.9 Å². The molecule has 14 heavy (non-hydrogen) atoms. The van der Waals surface area contributed by atoms with Gasteiger partial charge in [0.2, 0.25) is 0 Å². The summed E-state index contributed by atoms with van der Waals surface area (Å²) in [7, 11) is 0. The molecule has 0 aliphatic heterocycles. The maximum atomic E-state index is 5.54. The molecule has 0 aliphatic carbocycles. The first-order chi connectivity index (χ1) is 6.72. The van der Waals surface area contributed by atoms with Gasteiger partial charge in [-0.15, -0.1) is 0 Å². The van der Waals surface area contributed by atoms with Crippen molar-refractivity contribution in [2.45, 2.75) is 20.3 Å². The molecule has 0 saturated carbocycles. The Morgan fingerprint density at radius 2 is 2.07 bits per heavy atom. The average Bonchev–Trinajstić information content (AvgIpc) is 2.45. The second-order valence-electron chi connectivity index (χ2n) is 3.79. The average molecular weight is 188 g/mol. The van der Waals surface area contributed by atoms with Crippen LogP contribution in [-0.4, -0.2) is 11.5 Å². The van der Waals surface area contributed by atoms with Crippen molar-refractivity contribution in [1.29, 1.82) is 0 Å². The van der Waals surface area contributed by atoms with E-state index in [9.17, 15) is 0 Å². The minimum atomic E-state index is 0.716. The lowest BCUT2D eigenvalue weighted by Gasteiger charge is -1.99. The Balaban J connectivity index is 2.58. The van der Waals surface area contributed by atoms with Crippen LogP contribution in [0.1, 0.15) is 16.8 Å². The van der Waals surface area contributed by atoms with Gasteiger partial charge in [-0.3, -0.25) is 0 Å². The van der Waals surface area contributed by atoms with Crippen molar-refractivity contribution in [2.24, 2.45) is 5.73 Å². The SMILES string of the molecule is Cc1[nH]c2ccc(CCN)cc2c1C. The zero-order valence-electron chi connectivity index (χ0n) is 8.72. The number of aromatic nitrogens is 1. The number of fused-ring (bicyclic) bond motifs is 1. The molecule has 0 aliphatic rings. The summed E-state index contributed by atoms with van der Waals surface area (Å²) in [6, 6.07) is 6.52. The van der Waals surface area contributed by atoms with Crippen LogP contribution >= 0.6 is 0 Å². The Bertz CT molecular complexity index is 455. The highest BCUT2D eigenvalue weighted by molar-refractivity contribution is 5.84. The number of hydrogen-bond acceptors (Lipinski definition) is 1. The van der Waals surface area contributed by atoms with Gasteiger partial charge in [0.05, 0.1) is 0 Å². The van der Waals surface area contributed by atoms with Crippen molar-refractivity contribution in [1.82, 2.24) is 4.98 Å². The fourth-order valence-corrected chi connectivity index (χ4v) is 1.83. The second-order valence-corrected chi connectivity index (χ2v) is 3.79. The third-order valence-electron chi connectivity index (χ3n) is 2.81. The number of nitrogens with one attached hydrogen (secondary N) is 1. The minimum Gasteiger partial charge on any atom is -0.358 e. The quantitative estimate of drug-likeness (QED) is 0.746. The summed E-state index contributed by atoms with van der Waals surface area (Å²) in [5, 5.41) is 1.33. The molecule has 2 aromatic rings. The van der Waals surface area contributed by atoms with E-state index in [0.717, 1.165) is 6.42 Å². The molecule has 0 amide bonds. The first-order valence-corrected chi connectivity index (χ1v) is 5.00. The van der Waals surface area contributed by atoms with Crippen LogP contribution in [0.2, 0.25) is 0 Å². The van der Waals surface area contributed by atoms with Gasteiger partial charge in [-0.1, -0.05) is 6.07 Å². The summed E-state index contributed by atoms with van der Waals surface area (Å²) >= 11 is 0. The molecule has 2 heteroatoms. The predicted octanol–water partition coefficient (Wildman–Crippen LogP) is 2.29. The zero-order chi connectivity index (χ0) is 10.1. The maximum absolute atomic E-state index is 5.54. The third-order valence-corrected chi connectivity index (χ3v) is 2.81. The number of aryl methyl sites for hydroxylation is 2. The second kappa shape index (κ2) is 3.46. The summed E-state index contributed by atoms with van der Waals surface area (Å²) < 4.78 is 0. The number of aromatic amines is 1. The van der Waals surface area contributed by atoms with E-state index in [-0.39, 0.29) is 0 Å². The zero-order valence-corrected chi connectivity index (χ0v) is 8.72. The Labute approximate surface area is 84.1 Å². The normalized spacial score (nSPS) is 11.1. The van der Waals surface area contributed by atoms with E-state index >= 15 is 0 Å². The van der Waals surface area contributed by atoms with Crippen molar-refractivity contribution in [3.05, 3.63) is 35.0 Å². The summed E-state index contributed by atoms with van der Waals surface area (Å²) in [6.07, 6.45) is 0.958. The first kappa shape index (κ1) is 9.28. The van der Waals surface area contributed by atoms with E-state index in [1.54, 1.807) is 0 Å². The first-order valence-electron chi connectivity index (χ1n) is 5.00. The van der Waals surface area contributed by atoms with Gasteiger partial charge in [-0.05, 0) is 50.1 Å². The topological polar surface area (TPSA) is 41.8 Å². The summed E-state index contributed by atoms with van der Waals surface area (Å²) in [4.78, 5) is 3.36. The molecule has 0 unspecified atom stereocenters. The van der Waals surface area contributed by atoms with E-state index < -0.39 is 0 Å². The highest BCUT2D eigenvalue weighted by Crippen LogP contribution is 2.22. The monoisotopic (exact) mass is 188 g/mol. The van der Waals surface area contributed by atoms with Crippen LogP contribution in [0.15, 0.2) is 18.2 Å². The molecule has 3 N–H and O–H groups in total. The van der Waals surface area contributed by atoms with Crippen LogP contribution in [0.4, 0.5) is 0 Å². The van der Waals surface area contributed by atoms with E-state index in [2.05, 4.69) is 37.0 Å². The lowest BCUT2D eigenvalue weighted by molar-refractivity contribution is 0.971. The molecule has 0 bridgehead atoms. The Morgan fingerprint density at radius 3 is 2.79 bits per heavy atom. The third kappa shape index (κ3) is 1.42. The molecule has 0 atom stereocenters. The van der Waals surface area contributed by atoms with Crippen molar-refractivity contribution in [3.8, 4) is 0 Å². The molecular weight excluding hydrogens is 172 g/mol. The molecule has 1 aromatic heterocycles. The molecule has 0 saturated heterocycles. The molecule has 2 nitrogen and oxygen atoms in total. The highest BCUT2D eigenvalue weighted by Gasteiger charge is 2.03. The molecule has 74 valence electrons. The number of rotatable bonds is 2. The molecule has 1 heterocycles. The van der Waals surface area contributed by atoms with Gasteiger partial charge in [-0.2, -0.15) is 0 Å². The van der Waals surface area contributed by atoms with Crippen LogP contribution in [0, 0.1) is 13.8 Å². The van der Waals surface area contributed by atoms with Crippen molar-refractivity contribution in [3.63, 3.8) is 0 Å². The van der Waals surface area contributed by atoms with Crippen LogP contribution in [-0.2, 0) is 6.42 Å². The van der Waals surface area contributed by atoms with Gasteiger partial charge in [0, 0.05) is 16.6 Å². The summed E-state index contributed by atoms with van der Waals surface area (Å²) in [5.74, 6) is 0. The van der Waals surface area contributed by atoms with Crippen LogP contribution in [0.25, 0.3) is 10.9 Å². The van der Waals surface area contributed by atoms with Crippen molar-refractivity contribution < 1.29 is 0 Å². The largest absolute Gasteiger partial charge is 0.358 e. The van der Waals surface area contributed by atoms with Gasteiger partial charge in [0.1, 0.15) is 0 Å². The smallest absolute Gasteiger partial charge is 0.0458 e. The number of benzene rings is 1. The Kier molecular flexibility index (Phi) is 2.30. The minimum absolute atomic E-state index is 0.716. The Hall–Kier alpha value is -1.28. The van der Waals surface area contributed by atoms with E-state index in [1.807, 2.05) is 0 Å². The van der Waals surface area contributed by atoms with Gasteiger partial charge in [0.25, 0.3) is 0 Å². The highest BCUT2D eigenvalue weighted by atomic mass is 14.7. The lowest BCUT2D eigenvalue weighted by Crippen LogP contribution is -2.02. The Morgan fingerprint density at radius 1 is 1.29 bits per heavy atom. The van der Waals surface area contributed by atoms with Crippen LogP contribution < -0.4 is 5.73 Å². The molecule has 2 rings (SSSR count). The van der Waals surface area contributed by atoms with Crippen LogP contribution in [0.3, 0.4) is 0 Å². The van der Waals surface area contributed by atoms with Gasteiger partial charge in [0.15, 0.2) is 0 Å². The molecule has 1 aromatic carbocycles. The predicted molar refractivity (Wildman–Crippen MR) is 60.5 cm³/mol. The summed E-state index contributed by atoms with van der Waals surface area (Å²) in [5.41, 5.74) is 10.7. The molecule has 0 spiro atoms. The molecular formula is C12H16N2. The molecule has 0 fully saturated rings. The van der Waals surface area contributed by atoms with E-state index in [0.29, 0.717) is 6.54 Å². The maximum Gasteiger partial charge on any atom is 0.0458 e. The number of hydrogen-bond donors (Lipinski definition) is 2. The lowest BCUT2D eigenvalue weighted by atomic mass is 10.1. The van der Waals surface area contributed by atoms with E-state index in [4.69, 9.17) is 5.73 Å². The number of nitrogens with two attached hydrogens (primary N) is 1. The standard InChI is InChI=1S/C12H16N2/c1-8-9(2)14-12-4-3-10(5-6-13)7-11(8)12/h3-4,7,14H,5-6,13H2,1-2H3. The summed E-state index contributed by atoms with van der Waals surface area (Å²) in [6.45, 7) is 4.98. The van der Waals surface area contributed by atoms with Crippen LogP contribution in [0.5, 0.6) is 0 Å². The number of H-pyrrole nitrogens is 1.